The Balaban J connectivity index is 2.03. The van der Waals surface area contributed by atoms with Crippen molar-refractivity contribution < 1.29 is 9.31 Å². The van der Waals surface area contributed by atoms with Crippen molar-refractivity contribution in [1.29, 1.82) is 0 Å². The molecule has 104 valence electrons. The van der Waals surface area contributed by atoms with Crippen LogP contribution >= 0.6 is 0 Å². The number of rotatable bonds is 5. The van der Waals surface area contributed by atoms with Gasteiger partial charge in [-0.3, -0.25) is 10.1 Å². The second kappa shape index (κ2) is 6.25. The van der Waals surface area contributed by atoms with Crippen LogP contribution < -0.4 is 5.32 Å². The van der Waals surface area contributed by atoms with Crippen LogP contribution in [0.2, 0.25) is 0 Å². The van der Waals surface area contributed by atoms with E-state index in [-0.39, 0.29) is 11.5 Å². The Labute approximate surface area is 116 Å². The number of hydrogen-bond donors (Lipinski definition) is 1. The van der Waals surface area contributed by atoms with Gasteiger partial charge in [-0.1, -0.05) is 24.3 Å². The average molecular weight is 274 g/mol. The molecule has 0 saturated carbocycles. The van der Waals surface area contributed by atoms with E-state index in [1.807, 2.05) is 6.92 Å². The normalized spacial score (nSPS) is 10.5. The first-order chi connectivity index (χ1) is 9.58. The second-order valence-electron chi connectivity index (χ2n) is 4.56. The van der Waals surface area contributed by atoms with Crippen LogP contribution in [0.5, 0.6) is 0 Å². The van der Waals surface area contributed by atoms with Gasteiger partial charge >= 0.3 is 0 Å². The van der Waals surface area contributed by atoms with Crippen molar-refractivity contribution in [3.05, 3.63) is 75.1 Å². The molecule has 0 bridgehead atoms. The maximum atomic E-state index is 13.2. The Bertz CT molecular complexity index is 629. The number of halogens is 1. The van der Waals surface area contributed by atoms with Crippen molar-refractivity contribution in [3.63, 3.8) is 0 Å². The van der Waals surface area contributed by atoms with Crippen LogP contribution in [-0.4, -0.2) is 4.92 Å². The summed E-state index contributed by atoms with van der Waals surface area (Å²) in [6.45, 7) is 2.74. The van der Waals surface area contributed by atoms with Gasteiger partial charge in [0.2, 0.25) is 0 Å². The minimum absolute atomic E-state index is 0.0935. The highest BCUT2D eigenvalue weighted by molar-refractivity contribution is 5.39. The number of aryl methyl sites for hydroxylation is 1. The standard InChI is InChI=1S/C15H15FN2O2/c1-11-6-7-14(16)8-13(11)10-17-9-12-4-2-3-5-15(12)18(19)20/h2-8,17H,9-10H2,1H3. The van der Waals surface area contributed by atoms with Gasteiger partial charge in [0.25, 0.3) is 5.69 Å². The van der Waals surface area contributed by atoms with Crippen LogP contribution in [-0.2, 0) is 13.1 Å². The van der Waals surface area contributed by atoms with Gasteiger partial charge in [-0.15, -0.1) is 0 Å². The fourth-order valence-corrected chi connectivity index (χ4v) is 2.00. The van der Waals surface area contributed by atoms with E-state index in [9.17, 15) is 14.5 Å². The summed E-state index contributed by atoms with van der Waals surface area (Å²) >= 11 is 0. The van der Waals surface area contributed by atoms with Gasteiger partial charge in [-0.2, -0.15) is 0 Å². The molecule has 0 amide bonds. The van der Waals surface area contributed by atoms with E-state index < -0.39 is 4.92 Å². The third kappa shape index (κ3) is 3.39. The lowest BCUT2D eigenvalue weighted by atomic mass is 10.1. The van der Waals surface area contributed by atoms with Crippen LogP contribution in [0.4, 0.5) is 10.1 Å². The summed E-state index contributed by atoms with van der Waals surface area (Å²) in [4.78, 5) is 10.5. The Morgan fingerprint density at radius 1 is 1.15 bits per heavy atom. The topological polar surface area (TPSA) is 55.2 Å². The molecule has 0 atom stereocenters. The molecule has 0 heterocycles. The Morgan fingerprint density at radius 3 is 2.60 bits per heavy atom. The van der Waals surface area contributed by atoms with Crippen LogP contribution in [0.25, 0.3) is 0 Å². The van der Waals surface area contributed by atoms with Gasteiger partial charge in [0.05, 0.1) is 4.92 Å². The van der Waals surface area contributed by atoms with Gasteiger partial charge in [0.1, 0.15) is 5.82 Å². The quantitative estimate of drug-likeness (QED) is 0.672. The molecule has 0 unspecified atom stereocenters. The summed E-state index contributed by atoms with van der Waals surface area (Å²) in [5, 5.41) is 14.0. The first-order valence-electron chi connectivity index (χ1n) is 6.26. The fraction of sp³-hybridized carbons (Fsp3) is 0.200. The van der Waals surface area contributed by atoms with Crippen LogP contribution in [0.1, 0.15) is 16.7 Å². The van der Waals surface area contributed by atoms with Crippen molar-refractivity contribution in [1.82, 2.24) is 5.32 Å². The van der Waals surface area contributed by atoms with Gasteiger partial charge in [-0.25, -0.2) is 4.39 Å². The maximum absolute atomic E-state index is 13.2. The van der Waals surface area contributed by atoms with Crippen molar-refractivity contribution in [2.75, 3.05) is 0 Å². The Morgan fingerprint density at radius 2 is 1.85 bits per heavy atom. The number of para-hydroxylation sites is 1. The van der Waals surface area contributed by atoms with E-state index in [0.717, 1.165) is 11.1 Å². The summed E-state index contributed by atoms with van der Waals surface area (Å²) in [5.74, 6) is -0.280. The predicted molar refractivity (Wildman–Crippen MR) is 74.8 cm³/mol. The lowest BCUT2D eigenvalue weighted by Crippen LogP contribution is -2.14. The summed E-state index contributed by atoms with van der Waals surface area (Å²) in [6.07, 6.45) is 0. The van der Waals surface area contributed by atoms with Crippen molar-refractivity contribution in [3.8, 4) is 0 Å². The zero-order valence-corrected chi connectivity index (χ0v) is 11.1. The summed E-state index contributed by atoms with van der Waals surface area (Å²) in [5.41, 5.74) is 2.55. The highest BCUT2D eigenvalue weighted by atomic mass is 19.1. The van der Waals surface area contributed by atoms with E-state index in [1.165, 1.54) is 18.2 Å². The summed E-state index contributed by atoms with van der Waals surface area (Å²) in [6, 6.07) is 11.2. The summed E-state index contributed by atoms with van der Waals surface area (Å²) in [7, 11) is 0. The van der Waals surface area contributed by atoms with Crippen molar-refractivity contribution in [2.45, 2.75) is 20.0 Å². The molecule has 1 N–H and O–H groups in total. The highest BCUT2D eigenvalue weighted by Crippen LogP contribution is 2.17. The Kier molecular flexibility index (Phi) is 4.42. The minimum Gasteiger partial charge on any atom is -0.308 e. The third-order valence-corrected chi connectivity index (χ3v) is 3.13. The van der Waals surface area contributed by atoms with E-state index in [1.54, 1.807) is 24.3 Å². The van der Waals surface area contributed by atoms with E-state index >= 15 is 0 Å². The molecule has 0 aromatic heterocycles. The largest absolute Gasteiger partial charge is 0.308 e. The molecule has 0 fully saturated rings. The van der Waals surface area contributed by atoms with E-state index in [2.05, 4.69) is 5.32 Å². The Hall–Kier alpha value is -2.27. The maximum Gasteiger partial charge on any atom is 0.273 e. The van der Waals surface area contributed by atoms with Crippen molar-refractivity contribution >= 4 is 5.69 Å². The van der Waals surface area contributed by atoms with Crippen LogP contribution in [0.3, 0.4) is 0 Å². The third-order valence-electron chi connectivity index (χ3n) is 3.13. The van der Waals surface area contributed by atoms with Crippen LogP contribution in [0.15, 0.2) is 42.5 Å². The highest BCUT2D eigenvalue weighted by Gasteiger charge is 2.11. The van der Waals surface area contributed by atoms with Gasteiger partial charge < -0.3 is 5.32 Å². The first kappa shape index (κ1) is 14.1. The SMILES string of the molecule is Cc1ccc(F)cc1CNCc1ccccc1[N+](=O)[O-]. The molecule has 0 radical (unpaired) electrons. The monoisotopic (exact) mass is 274 g/mol. The lowest BCUT2D eigenvalue weighted by molar-refractivity contribution is -0.385. The molecule has 0 aliphatic carbocycles. The molecule has 5 heteroatoms. The molecule has 2 rings (SSSR count). The molecule has 0 saturated heterocycles. The number of nitrogens with zero attached hydrogens (tertiary/aromatic N) is 1. The van der Waals surface area contributed by atoms with Crippen molar-refractivity contribution in [2.24, 2.45) is 0 Å². The van der Waals surface area contributed by atoms with Crippen LogP contribution in [0, 0.1) is 22.9 Å². The van der Waals surface area contributed by atoms with Gasteiger partial charge in [0, 0.05) is 24.7 Å². The average Bonchev–Trinajstić information content (AvgIpc) is 2.43. The van der Waals surface area contributed by atoms with Gasteiger partial charge in [0.15, 0.2) is 0 Å². The predicted octanol–water partition coefficient (Wildman–Crippen LogP) is 3.33. The van der Waals surface area contributed by atoms with E-state index in [0.29, 0.717) is 18.7 Å². The number of benzene rings is 2. The molecule has 0 aliphatic rings. The molecular weight excluding hydrogens is 259 g/mol. The molecule has 0 spiro atoms. The number of nitro benzene ring substituents is 1. The number of hydrogen-bond acceptors (Lipinski definition) is 3. The molecule has 4 nitrogen and oxygen atoms in total. The first-order valence-corrected chi connectivity index (χ1v) is 6.26. The molecule has 2 aromatic rings. The number of nitro groups is 1. The number of nitrogens with one attached hydrogen (secondary N) is 1. The summed E-state index contributed by atoms with van der Waals surface area (Å²) < 4.78 is 13.2. The lowest BCUT2D eigenvalue weighted by Gasteiger charge is -2.08. The minimum atomic E-state index is -0.398. The van der Waals surface area contributed by atoms with Gasteiger partial charge in [-0.05, 0) is 30.2 Å². The molecular formula is C15H15FN2O2. The van der Waals surface area contributed by atoms with E-state index in [4.69, 9.17) is 0 Å². The molecule has 0 aliphatic heterocycles. The second-order valence-corrected chi connectivity index (χ2v) is 4.56. The zero-order valence-electron chi connectivity index (χ0n) is 11.1. The molecule has 2 aromatic carbocycles. The fourth-order valence-electron chi connectivity index (χ4n) is 2.00. The smallest absolute Gasteiger partial charge is 0.273 e. The zero-order chi connectivity index (χ0) is 14.5. The molecule has 20 heavy (non-hydrogen) atoms.